The molecule has 0 fully saturated rings. The van der Waals surface area contributed by atoms with Crippen molar-refractivity contribution in [3.63, 3.8) is 0 Å². The number of nitrogens with zero attached hydrogens (tertiary/aromatic N) is 2. The van der Waals surface area contributed by atoms with E-state index in [1.54, 1.807) is 49.6 Å². The highest BCUT2D eigenvalue weighted by atomic mass is 16.5. The normalized spacial score (nSPS) is 11.9. The van der Waals surface area contributed by atoms with Crippen molar-refractivity contribution in [1.29, 1.82) is 0 Å². The minimum absolute atomic E-state index is 0.135. The number of amides is 1. The van der Waals surface area contributed by atoms with Crippen LogP contribution in [-0.4, -0.2) is 22.6 Å². The zero-order valence-corrected chi connectivity index (χ0v) is 20.5. The van der Waals surface area contributed by atoms with Crippen molar-refractivity contribution in [1.82, 2.24) is 9.55 Å². The van der Waals surface area contributed by atoms with E-state index >= 15 is 0 Å². The molecule has 7 heteroatoms. The largest absolute Gasteiger partial charge is 0.497 e. The van der Waals surface area contributed by atoms with E-state index in [4.69, 9.17) is 9.15 Å². The Labute approximate surface area is 217 Å². The topological polar surface area (TPSA) is 86.4 Å². The lowest BCUT2D eigenvalue weighted by atomic mass is 9.97. The molecule has 6 rings (SSSR count). The summed E-state index contributed by atoms with van der Waals surface area (Å²) in [4.78, 5) is 32.9. The molecule has 186 valence electrons. The third-order valence-electron chi connectivity index (χ3n) is 6.53. The number of carbonyl (C=O) groups is 1. The van der Waals surface area contributed by atoms with Gasteiger partial charge in [-0.05, 0) is 64.9 Å². The molecule has 38 heavy (non-hydrogen) atoms. The molecule has 0 aliphatic carbocycles. The molecule has 7 nitrogen and oxygen atoms in total. The van der Waals surface area contributed by atoms with Crippen LogP contribution in [0.4, 0.5) is 5.69 Å². The maximum atomic E-state index is 14.2. The molecule has 1 amide bonds. The van der Waals surface area contributed by atoms with Gasteiger partial charge in [0.2, 0.25) is 0 Å². The van der Waals surface area contributed by atoms with Crippen molar-refractivity contribution in [3.05, 3.63) is 125 Å². The molecule has 2 heterocycles. The first-order chi connectivity index (χ1) is 18.6. The van der Waals surface area contributed by atoms with Gasteiger partial charge in [-0.2, -0.15) is 0 Å². The number of methoxy groups -OCH3 is 1. The van der Waals surface area contributed by atoms with Gasteiger partial charge in [-0.1, -0.05) is 54.6 Å². The van der Waals surface area contributed by atoms with Crippen LogP contribution in [0.2, 0.25) is 0 Å². The number of ether oxygens (including phenoxy) is 1. The highest BCUT2D eigenvalue weighted by Crippen LogP contribution is 2.31. The van der Waals surface area contributed by atoms with E-state index in [-0.39, 0.29) is 11.6 Å². The van der Waals surface area contributed by atoms with Crippen LogP contribution in [0.15, 0.2) is 119 Å². The number of hydrogen-bond acceptors (Lipinski definition) is 5. The maximum Gasteiger partial charge on any atom is 0.281 e. The molecule has 0 aliphatic heterocycles. The first kappa shape index (κ1) is 23.2. The summed E-state index contributed by atoms with van der Waals surface area (Å²) in [5.74, 6) is 0.644. The Kier molecular flexibility index (Phi) is 5.94. The number of anilines is 1. The van der Waals surface area contributed by atoms with Gasteiger partial charge in [-0.15, -0.1) is 0 Å². The quantitative estimate of drug-likeness (QED) is 0.300. The fraction of sp³-hybridized carbons (Fsp3) is 0.0645. The van der Waals surface area contributed by atoms with Crippen LogP contribution in [0.5, 0.6) is 5.75 Å². The van der Waals surface area contributed by atoms with Crippen molar-refractivity contribution in [2.24, 2.45) is 0 Å². The van der Waals surface area contributed by atoms with E-state index in [0.29, 0.717) is 33.8 Å². The third-order valence-corrected chi connectivity index (χ3v) is 6.53. The van der Waals surface area contributed by atoms with Crippen molar-refractivity contribution < 1.29 is 13.9 Å². The number of para-hydroxylation sites is 2. The van der Waals surface area contributed by atoms with E-state index in [1.807, 2.05) is 60.7 Å². The third kappa shape index (κ3) is 4.10. The van der Waals surface area contributed by atoms with E-state index in [1.165, 1.54) is 10.8 Å². The van der Waals surface area contributed by atoms with Gasteiger partial charge in [-0.3, -0.25) is 14.2 Å². The summed E-state index contributed by atoms with van der Waals surface area (Å²) < 4.78 is 12.3. The summed E-state index contributed by atoms with van der Waals surface area (Å²) in [5.41, 5.74) is 2.09. The lowest BCUT2D eigenvalue weighted by Gasteiger charge is -2.24. The van der Waals surface area contributed by atoms with Gasteiger partial charge in [0.15, 0.2) is 11.5 Å². The number of hydrogen-bond donors (Lipinski definition) is 1. The molecule has 0 saturated carbocycles. The van der Waals surface area contributed by atoms with Crippen LogP contribution in [0.3, 0.4) is 0 Å². The molecule has 1 unspecified atom stereocenters. The fourth-order valence-electron chi connectivity index (χ4n) is 4.76. The first-order valence-corrected chi connectivity index (χ1v) is 12.1. The summed E-state index contributed by atoms with van der Waals surface area (Å²) in [6.45, 7) is 0. The molecule has 0 aliphatic rings. The highest BCUT2D eigenvalue weighted by Gasteiger charge is 2.29. The minimum atomic E-state index is -1.00. The van der Waals surface area contributed by atoms with Gasteiger partial charge >= 0.3 is 0 Å². The lowest BCUT2D eigenvalue weighted by molar-refractivity contribution is -0.118. The maximum absolute atomic E-state index is 14.2. The lowest BCUT2D eigenvalue weighted by Crippen LogP contribution is -2.35. The van der Waals surface area contributed by atoms with Gasteiger partial charge < -0.3 is 14.5 Å². The Morgan fingerprint density at radius 1 is 0.895 bits per heavy atom. The number of nitrogens with one attached hydrogen (secondary N) is 1. The van der Waals surface area contributed by atoms with Crippen LogP contribution < -0.4 is 15.6 Å². The van der Waals surface area contributed by atoms with Gasteiger partial charge in [0.05, 0.1) is 24.4 Å². The molecule has 1 N–H and O–H groups in total. The van der Waals surface area contributed by atoms with Crippen LogP contribution >= 0.6 is 0 Å². The molecular weight excluding hydrogens is 478 g/mol. The summed E-state index contributed by atoms with van der Waals surface area (Å²) in [5, 5.41) is 4.84. The van der Waals surface area contributed by atoms with Gasteiger partial charge in [0.25, 0.3) is 11.5 Å². The Bertz CT molecular complexity index is 1820. The second-order valence-corrected chi connectivity index (χ2v) is 8.79. The second-order valence-electron chi connectivity index (χ2n) is 8.79. The highest BCUT2D eigenvalue weighted by molar-refractivity contribution is 6.00. The predicted octanol–water partition coefficient (Wildman–Crippen LogP) is 6.05. The van der Waals surface area contributed by atoms with Gasteiger partial charge in [-0.25, -0.2) is 4.98 Å². The first-order valence-electron chi connectivity index (χ1n) is 12.1. The van der Waals surface area contributed by atoms with E-state index < -0.39 is 11.6 Å². The van der Waals surface area contributed by atoms with E-state index in [9.17, 15) is 9.59 Å². The zero-order chi connectivity index (χ0) is 26.1. The predicted molar refractivity (Wildman–Crippen MR) is 147 cm³/mol. The molecule has 6 aromatic rings. The van der Waals surface area contributed by atoms with Crippen molar-refractivity contribution in [3.8, 4) is 17.2 Å². The zero-order valence-electron chi connectivity index (χ0n) is 20.5. The number of benzene rings is 4. The number of furan rings is 1. The standard InChI is InChI=1S/C31H23N3O4/c1-37-22-17-15-21(16-18-22)32-30(35)29(24-11-6-9-20-8-2-3-10-23(20)24)34-26-13-5-4-12-25(26)33-28(31(34)36)27-14-7-19-38-27/h2-19,29H,1H3,(H,32,35). The molecule has 2 aromatic heterocycles. The smallest absolute Gasteiger partial charge is 0.281 e. The van der Waals surface area contributed by atoms with Crippen LogP contribution in [0.25, 0.3) is 33.3 Å². The van der Waals surface area contributed by atoms with Crippen LogP contribution in [-0.2, 0) is 4.79 Å². The number of aromatic nitrogens is 2. The SMILES string of the molecule is COc1ccc(NC(=O)C(c2cccc3ccccc23)n2c(=O)c(-c3ccco3)nc3ccccc32)cc1. The Morgan fingerprint density at radius 2 is 1.66 bits per heavy atom. The second kappa shape index (κ2) is 9.71. The van der Waals surface area contributed by atoms with Crippen LogP contribution in [0.1, 0.15) is 11.6 Å². The molecule has 0 radical (unpaired) electrons. The Hall–Kier alpha value is -5.17. The van der Waals surface area contributed by atoms with E-state index in [0.717, 1.165) is 10.8 Å². The summed E-state index contributed by atoms with van der Waals surface area (Å²) in [7, 11) is 1.59. The van der Waals surface area contributed by atoms with Gasteiger partial charge in [0, 0.05) is 5.69 Å². The molecule has 0 saturated heterocycles. The number of carbonyl (C=O) groups excluding carboxylic acids is 1. The number of rotatable bonds is 6. The minimum Gasteiger partial charge on any atom is -0.497 e. The fourth-order valence-corrected chi connectivity index (χ4v) is 4.76. The Balaban J connectivity index is 1.62. The Morgan fingerprint density at radius 3 is 2.45 bits per heavy atom. The summed E-state index contributed by atoms with van der Waals surface area (Å²) in [6, 6.07) is 30.3. The van der Waals surface area contributed by atoms with Crippen molar-refractivity contribution in [2.45, 2.75) is 6.04 Å². The molecule has 0 bridgehead atoms. The average Bonchev–Trinajstić information content (AvgIpc) is 3.49. The molecule has 0 spiro atoms. The van der Waals surface area contributed by atoms with Gasteiger partial charge in [0.1, 0.15) is 11.8 Å². The monoisotopic (exact) mass is 501 g/mol. The van der Waals surface area contributed by atoms with Crippen LogP contribution in [0, 0.1) is 0 Å². The molecular formula is C31H23N3O4. The molecule has 4 aromatic carbocycles. The van der Waals surface area contributed by atoms with E-state index in [2.05, 4.69) is 10.3 Å². The summed E-state index contributed by atoms with van der Waals surface area (Å²) in [6.07, 6.45) is 1.49. The van der Waals surface area contributed by atoms with Crippen molar-refractivity contribution >= 4 is 33.4 Å². The number of fused-ring (bicyclic) bond motifs is 2. The molecule has 1 atom stereocenters. The van der Waals surface area contributed by atoms with Crippen molar-refractivity contribution in [2.75, 3.05) is 12.4 Å². The summed E-state index contributed by atoms with van der Waals surface area (Å²) >= 11 is 0. The average molecular weight is 502 g/mol.